The van der Waals surface area contributed by atoms with Gasteiger partial charge in [-0.2, -0.15) is 0 Å². The third-order valence-electron chi connectivity index (χ3n) is 2.94. The molecule has 8 heavy (non-hydrogen) atoms. The van der Waals surface area contributed by atoms with Crippen LogP contribution in [0.25, 0.3) is 0 Å². The van der Waals surface area contributed by atoms with Gasteiger partial charge in [-0.1, -0.05) is 26.2 Å². The fraction of sp³-hybridized carbons (Fsp3) is 1.00. The summed E-state index contributed by atoms with van der Waals surface area (Å²) in [6, 6.07) is 0. The van der Waals surface area contributed by atoms with Crippen LogP contribution in [0.4, 0.5) is 0 Å². The minimum Gasteiger partial charge on any atom is -0.0622 e. The van der Waals surface area contributed by atoms with Crippen molar-refractivity contribution < 1.29 is 0 Å². The summed E-state index contributed by atoms with van der Waals surface area (Å²) in [5, 5.41) is 0. The highest BCUT2D eigenvalue weighted by atomic mass is 14.5. The molecule has 0 nitrogen and oxygen atoms in total. The van der Waals surface area contributed by atoms with Gasteiger partial charge < -0.3 is 0 Å². The lowest BCUT2D eigenvalue weighted by atomic mass is 9.91. The summed E-state index contributed by atoms with van der Waals surface area (Å²) in [7, 11) is 0. The molecule has 2 rings (SSSR count). The van der Waals surface area contributed by atoms with Crippen molar-refractivity contribution >= 4 is 0 Å². The first-order chi connectivity index (χ1) is 3.88. The second kappa shape index (κ2) is 1.49. The van der Waals surface area contributed by atoms with E-state index in [4.69, 9.17) is 0 Å². The summed E-state index contributed by atoms with van der Waals surface area (Å²) in [6.07, 6.45) is 6.15. The lowest BCUT2D eigenvalue weighted by Crippen LogP contribution is -2.04. The Morgan fingerprint density at radius 3 is 2.75 bits per heavy atom. The minimum atomic E-state index is 1.08. The zero-order valence-corrected chi connectivity index (χ0v) is 5.56. The monoisotopic (exact) mass is 110 g/mol. The normalized spacial score (nSPS) is 52.9. The molecule has 0 aliphatic heterocycles. The van der Waals surface area contributed by atoms with Gasteiger partial charge in [-0.3, -0.25) is 0 Å². The summed E-state index contributed by atoms with van der Waals surface area (Å²) < 4.78 is 0. The second-order valence-electron chi connectivity index (χ2n) is 3.57. The van der Waals surface area contributed by atoms with E-state index in [1.807, 2.05) is 0 Å². The third-order valence-corrected chi connectivity index (χ3v) is 2.94. The van der Waals surface area contributed by atoms with Crippen LogP contribution in [0.15, 0.2) is 0 Å². The Morgan fingerprint density at radius 2 is 2.12 bits per heavy atom. The Hall–Kier alpha value is 0. The molecule has 46 valence electrons. The molecular weight excluding hydrogens is 96.1 g/mol. The molecule has 0 heteroatoms. The average molecular weight is 110 g/mol. The van der Waals surface area contributed by atoms with Crippen molar-refractivity contribution in [3.8, 4) is 0 Å². The van der Waals surface area contributed by atoms with Gasteiger partial charge in [0.15, 0.2) is 0 Å². The largest absolute Gasteiger partial charge is 0.0622 e. The number of fused-ring (bicyclic) bond motifs is 1. The topological polar surface area (TPSA) is 0 Å². The van der Waals surface area contributed by atoms with Crippen LogP contribution in [-0.4, -0.2) is 0 Å². The van der Waals surface area contributed by atoms with Crippen molar-refractivity contribution in [3.63, 3.8) is 0 Å². The molecule has 0 amide bonds. The molecule has 2 aliphatic rings. The number of hydrogen-bond donors (Lipinski definition) is 0. The number of hydrogen-bond acceptors (Lipinski definition) is 0. The van der Waals surface area contributed by atoms with E-state index in [1.165, 1.54) is 24.7 Å². The van der Waals surface area contributed by atoms with Crippen LogP contribution < -0.4 is 0 Å². The van der Waals surface area contributed by atoms with Gasteiger partial charge in [0.2, 0.25) is 0 Å². The summed E-state index contributed by atoms with van der Waals surface area (Å²) >= 11 is 0. The van der Waals surface area contributed by atoms with Gasteiger partial charge in [0.1, 0.15) is 0 Å². The first kappa shape index (κ1) is 4.84. The van der Waals surface area contributed by atoms with Crippen molar-refractivity contribution in [2.45, 2.75) is 32.6 Å². The molecule has 2 unspecified atom stereocenters. The summed E-state index contributed by atoms with van der Waals surface area (Å²) in [5.41, 5.74) is 0. The summed E-state index contributed by atoms with van der Waals surface area (Å²) in [5.74, 6) is 3.43. The van der Waals surface area contributed by atoms with Crippen molar-refractivity contribution in [1.82, 2.24) is 0 Å². The van der Waals surface area contributed by atoms with Crippen LogP contribution >= 0.6 is 0 Å². The van der Waals surface area contributed by atoms with Gasteiger partial charge in [0.05, 0.1) is 0 Å². The molecule has 0 heterocycles. The molecule has 0 aromatic heterocycles. The maximum absolute atomic E-state index is 2.42. The molecule has 0 bridgehead atoms. The highest BCUT2D eigenvalue weighted by molar-refractivity contribution is 4.92. The standard InChI is InChI=1S/C8H14/c1-6-3-2-4-7-5-8(6)7/h6-8H,2-5H2,1H3/t6-,7?,8?/m0/s1. The van der Waals surface area contributed by atoms with Gasteiger partial charge in [-0.25, -0.2) is 0 Å². The molecule has 0 radical (unpaired) electrons. The van der Waals surface area contributed by atoms with Crippen molar-refractivity contribution in [1.29, 1.82) is 0 Å². The van der Waals surface area contributed by atoms with Crippen LogP contribution in [-0.2, 0) is 0 Å². The predicted molar refractivity (Wildman–Crippen MR) is 34.6 cm³/mol. The van der Waals surface area contributed by atoms with Crippen LogP contribution in [0.3, 0.4) is 0 Å². The SMILES string of the molecule is C[C@H]1CCCC2CC21. The maximum atomic E-state index is 2.42. The molecule has 0 aromatic rings. The van der Waals surface area contributed by atoms with Crippen LogP contribution in [0.5, 0.6) is 0 Å². The quantitative estimate of drug-likeness (QED) is 0.449. The lowest BCUT2D eigenvalue weighted by molar-refractivity contribution is 0.362. The molecule has 2 fully saturated rings. The Labute approximate surface area is 51.3 Å². The smallest absolute Gasteiger partial charge is 0.0357 e. The van der Waals surface area contributed by atoms with E-state index < -0.39 is 0 Å². The van der Waals surface area contributed by atoms with E-state index in [9.17, 15) is 0 Å². The molecule has 0 saturated heterocycles. The molecule has 2 aliphatic carbocycles. The second-order valence-corrected chi connectivity index (χ2v) is 3.57. The van der Waals surface area contributed by atoms with Crippen molar-refractivity contribution in [2.24, 2.45) is 17.8 Å². The highest BCUT2D eigenvalue weighted by Gasteiger charge is 2.42. The van der Waals surface area contributed by atoms with Crippen molar-refractivity contribution in [3.05, 3.63) is 0 Å². The molecule has 2 saturated carbocycles. The average Bonchev–Trinajstić information content (AvgIpc) is 2.45. The number of rotatable bonds is 0. The van der Waals surface area contributed by atoms with E-state index in [0.29, 0.717) is 0 Å². The van der Waals surface area contributed by atoms with Gasteiger partial charge >= 0.3 is 0 Å². The zero-order valence-electron chi connectivity index (χ0n) is 5.56. The zero-order chi connectivity index (χ0) is 5.56. The Bertz CT molecular complexity index is 96.2. The fourth-order valence-electron chi connectivity index (χ4n) is 2.22. The van der Waals surface area contributed by atoms with E-state index in [2.05, 4.69) is 6.92 Å². The molecule has 0 N–H and O–H groups in total. The third kappa shape index (κ3) is 0.586. The first-order valence-electron chi connectivity index (χ1n) is 3.88. The van der Waals surface area contributed by atoms with Gasteiger partial charge in [0.25, 0.3) is 0 Å². The lowest BCUT2D eigenvalue weighted by Gasteiger charge is -2.15. The molecular formula is C8H14. The Balaban J connectivity index is 1.99. The Morgan fingerprint density at radius 1 is 1.25 bits per heavy atom. The highest BCUT2D eigenvalue weighted by Crippen LogP contribution is 2.52. The minimum absolute atomic E-state index is 1.08. The Kier molecular flexibility index (Phi) is 0.902. The van der Waals surface area contributed by atoms with E-state index >= 15 is 0 Å². The van der Waals surface area contributed by atoms with Gasteiger partial charge in [0, 0.05) is 0 Å². The van der Waals surface area contributed by atoms with E-state index in [0.717, 1.165) is 5.92 Å². The van der Waals surface area contributed by atoms with E-state index in [-0.39, 0.29) is 0 Å². The molecule has 0 spiro atoms. The summed E-state index contributed by atoms with van der Waals surface area (Å²) in [6.45, 7) is 2.42. The summed E-state index contributed by atoms with van der Waals surface area (Å²) in [4.78, 5) is 0. The molecule has 0 aromatic carbocycles. The maximum Gasteiger partial charge on any atom is -0.0357 e. The van der Waals surface area contributed by atoms with Crippen LogP contribution in [0.2, 0.25) is 0 Å². The van der Waals surface area contributed by atoms with Crippen molar-refractivity contribution in [2.75, 3.05) is 0 Å². The molecule has 3 atom stereocenters. The van der Waals surface area contributed by atoms with Crippen LogP contribution in [0.1, 0.15) is 32.6 Å². The van der Waals surface area contributed by atoms with Crippen LogP contribution in [0, 0.1) is 17.8 Å². The fourth-order valence-corrected chi connectivity index (χ4v) is 2.22. The van der Waals surface area contributed by atoms with Gasteiger partial charge in [-0.05, 0) is 24.2 Å². The first-order valence-corrected chi connectivity index (χ1v) is 3.88. The van der Waals surface area contributed by atoms with E-state index in [1.54, 1.807) is 12.8 Å². The predicted octanol–water partition coefficient (Wildman–Crippen LogP) is 2.44. The van der Waals surface area contributed by atoms with Gasteiger partial charge in [-0.15, -0.1) is 0 Å².